The van der Waals surface area contributed by atoms with Crippen molar-refractivity contribution >= 4 is 11.6 Å². The van der Waals surface area contributed by atoms with Crippen LogP contribution in [0.15, 0.2) is 18.2 Å². The van der Waals surface area contributed by atoms with E-state index in [-0.39, 0.29) is 11.6 Å². The monoisotopic (exact) mass is 327 g/mol. The number of alkyl halides is 3. The van der Waals surface area contributed by atoms with Crippen LogP contribution in [0.3, 0.4) is 0 Å². The van der Waals surface area contributed by atoms with Crippen LogP contribution in [-0.2, 0) is 15.1 Å². The molecular formula is C16H13F4NO2. The van der Waals surface area contributed by atoms with E-state index >= 15 is 0 Å². The third kappa shape index (κ3) is 2.79. The van der Waals surface area contributed by atoms with E-state index in [4.69, 9.17) is 4.74 Å². The zero-order valence-corrected chi connectivity index (χ0v) is 12.1. The van der Waals surface area contributed by atoms with Gasteiger partial charge in [0.1, 0.15) is 11.9 Å². The second-order valence-electron chi connectivity index (χ2n) is 5.66. The highest BCUT2D eigenvalue weighted by Gasteiger charge is 2.60. The number of anilines is 1. The number of amides is 1. The van der Waals surface area contributed by atoms with Crippen molar-refractivity contribution in [3.05, 3.63) is 29.6 Å². The maximum Gasteiger partial charge on any atom is 0.433 e. The van der Waals surface area contributed by atoms with Crippen molar-refractivity contribution < 1.29 is 27.1 Å². The molecule has 23 heavy (non-hydrogen) atoms. The smallest absolute Gasteiger partial charge is 0.337 e. The van der Waals surface area contributed by atoms with Gasteiger partial charge in [0.2, 0.25) is 0 Å². The van der Waals surface area contributed by atoms with E-state index in [1.54, 1.807) is 0 Å². The van der Waals surface area contributed by atoms with Crippen LogP contribution in [0.4, 0.5) is 23.2 Å². The molecule has 0 radical (unpaired) electrons. The molecule has 3 nitrogen and oxygen atoms in total. The molecule has 1 aliphatic carbocycles. The minimum atomic E-state index is -4.93. The zero-order valence-electron chi connectivity index (χ0n) is 12.1. The van der Waals surface area contributed by atoms with E-state index in [0.29, 0.717) is 6.07 Å². The second kappa shape index (κ2) is 5.24. The first-order chi connectivity index (χ1) is 10.7. The molecule has 0 aromatic heterocycles. The number of ether oxygens (including phenoxy) is 1. The standard InChI is InChI=1S/C16H13F4NO2/c1-9-14(22)21-13-5-4-11(17)8-12(13)15(23-9,16(18,19)20)7-6-10-2-3-10/h4-5,8-10H,2-3H2,1H3,(H,21,22)/t9-,15-/m0/s1. The Hall–Kier alpha value is -2.07. The summed E-state index contributed by atoms with van der Waals surface area (Å²) in [6, 6.07) is 2.77. The highest BCUT2D eigenvalue weighted by molar-refractivity contribution is 5.95. The van der Waals surface area contributed by atoms with Gasteiger partial charge in [0.15, 0.2) is 0 Å². The van der Waals surface area contributed by atoms with Crippen LogP contribution in [0.25, 0.3) is 0 Å². The molecule has 1 heterocycles. The van der Waals surface area contributed by atoms with Crippen molar-refractivity contribution in [2.45, 2.75) is 37.6 Å². The van der Waals surface area contributed by atoms with E-state index in [2.05, 4.69) is 17.2 Å². The van der Waals surface area contributed by atoms with E-state index in [1.807, 2.05) is 0 Å². The van der Waals surface area contributed by atoms with Crippen LogP contribution < -0.4 is 5.32 Å². The summed E-state index contributed by atoms with van der Waals surface area (Å²) in [5, 5.41) is 2.33. The summed E-state index contributed by atoms with van der Waals surface area (Å²) in [6.07, 6.45) is -4.87. The highest BCUT2D eigenvalue weighted by atomic mass is 19.4. The molecule has 1 aliphatic heterocycles. The molecule has 3 rings (SSSR count). The first-order valence-electron chi connectivity index (χ1n) is 7.11. The van der Waals surface area contributed by atoms with Gasteiger partial charge in [-0.25, -0.2) is 4.39 Å². The van der Waals surface area contributed by atoms with Crippen LogP contribution in [-0.4, -0.2) is 18.2 Å². The average molecular weight is 327 g/mol. The predicted molar refractivity (Wildman–Crippen MR) is 73.8 cm³/mol. The molecule has 1 aromatic carbocycles. The van der Waals surface area contributed by atoms with Gasteiger partial charge in [-0.05, 0) is 38.0 Å². The normalized spacial score (nSPS) is 27.3. The van der Waals surface area contributed by atoms with E-state index in [0.717, 1.165) is 25.0 Å². The van der Waals surface area contributed by atoms with Gasteiger partial charge in [-0.15, -0.1) is 0 Å². The molecule has 122 valence electrons. The average Bonchev–Trinajstić information content (AvgIpc) is 3.27. The molecule has 2 aliphatic rings. The number of nitrogens with one attached hydrogen (secondary N) is 1. The SMILES string of the molecule is C[C@@H]1O[C@](C#CC2CC2)(C(F)(F)F)c2cc(F)ccc2NC1=O. The van der Waals surface area contributed by atoms with E-state index in [9.17, 15) is 22.4 Å². The molecular weight excluding hydrogens is 314 g/mol. The van der Waals surface area contributed by atoms with Crippen LogP contribution in [0, 0.1) is 23.6 Å². The predicted octanol–water partition coefficient (Wildman–Crippen LogP) is 3.35. The Balaban J connectivity index is 2.25. The van der Waals surface area contributed by atoms with Gasteiger partial charge in [-0.2, -0.15) is 13.2 Å². The van der Waals surface area contributed by atoms with Gasteiger partial charge in [-0.1, -0.05) is 11.8 Å². The van der Waals surface area contributed by atoms with Gasteiger partial charge in [-0.3, -0.25) is 4.79 Å². The summed E-state index contributed by atoms with van der Waals surface area (Å²) < 4.78 is 60.2. The summed E-state index contributed by atoms with van der Waals surface area (Å²) in [5.74, 6) is 2.98. The second-order valence-corrected chi connectivity index (χ2v) is 5.66. The molecule has 1 fully saturated rings. The number of hydrogen-bond donors (Lipinski definition) is 1. The van der Waals surface area contributed by atoms with Crippen molar-refractivity contribution in [3.8, 4) is 11.8 Å². The lowest BCUT2D eigenvalue weighted by molar-refractivity contribution is -0.266. The molecule has 1 saturated carbocycles. The minimum Gasteiger partial charge on any atom is -0.337 e. The topological polar surface area (TPSA) is 38.3 Å². The summed E-state index contributed by atoms with van der Waals surface area (Å²) in [4.78, 5) is 11.9. The lowest BCUT2D eigenvalue weighted by Crippen LogP contribution is -2.46. The fraction of sp³-hybridized carbons (Fsp3) is 0.438. The number of rotatable bonds is 0. The quantitative estimate of drug-likeness (QED) is 0.586. The van der Waals surface area contributed by atoms with Gasteiger partial charge in [0.05, 0.1) is 0 Å². The fourth-order valence-electron chi connectivity index (χ4n) is 2.35. The van der Waals surface area contributed by atoms with Crippen molar-refractivity contribution in [1.82, 2.24) is 0 Å². The molecule has 0 bridgehead atoms. The van der Waals surface area contributed by atoms with Crippen LogP contribution >= 0.6 is 0 Å². The molecule has 1 N–H and O–H groups in total. The number of benzene rings is 1. The van der Waals surface area contributed by atoms with Crippen LogP contribution in [0.2, 0.25) is 0 Å². The van der Waals surface area contributed by atoms with Crippen molar-refractivity contribution in [3.63, 3.8) is 0 Å². The number of halogens is 4. The summed E-state index contributed by atoms with van der Waals surface area (Å²) in [6.45, 7) is 1.21. The highest BCUT2D eigenvalue weighted by Crippen LogP contribution is 2.47. The Labute approximate surface area is 130 Å². The van der Waals surface area contributed by atoms with Gasteiger partial charge in [0.25, 0.3) is 11.5 Å². The lowest BCUT2D eigenvalue weighted by Gasteiger charge is -2.32. The largest absolute Gasteiger partial charge is 0.433 e. The van der Waals surface area contributed by atoms with E-state index in [1.165, 1.54) is 6.92 Å². The maximum atomic E-state index is 13.9. The maximum absolute atomic E-state index is 13.9. The first kappa shape index (κ1) is 15.8. The molecule has 1 amide bonds. The van der Waals surface area contributed by atoms with Crippen molar-refractivity contribution in [1.29, 1.82) is 0 Å². The number of carbonyl (C=O) groups excluding carboxylic acids is 1. The van der Waals surface area contributed by atoms with E-state index < -0.39 is 35.2 Å². The Morgan fingerprint density at radius 3 is 2.65 bits per heavy atom. The van der Waals surface area contributed by atoms with Gasteiger partial charge < -0.3 is 10.1 Å². The molecule has 1 aromatic rings. The molecule has 0 saturated heterocycles. The number of fused-ring (bicyclic) bond motifs is 1. The van der Waals surface area contributed by atoms with Crippen molar-refractivity contribution in [2.24, 2.45) is 5.92 Å². The molecule has 7 heteroatoms. The Kier molecular flexibility index (Phi) is 3.60. The third-order valence-electron chi connectivity index (χ3n) is 3.77. The molecule has 0 spiro atoms. The summed E-state index contributed by atoms with van der Waals surface area (Å²) in [7, 11) is 0. The zero-order chi connectivity index (χ0) is 16.8. The summed E-state index contributed by atoms with van der Waals surface area (Å²) in [5.41, 5.74) is -3.72. The Morgan fingerprint density at radius 2 is 2.04 bits per heavy atom. The van der Waals surface area contributed by atoms with Crippen molar-refractivity contribution in [2.75, 3.05) is 5.32 Å². The number of carbonyl (C=O) groups is 1. The Morgan fingerprint density at radius 1 is 1.35 bits per heavy atom. The number of hydrogen-bond acceptors (Lipinski definition) is 2. The lowest BCUT2D eigenvalue weighted by atomic mass is 9.91. The molecule has 0 unspecified atom stereocenters. The summed E-state index contributed by atoms with van der Waals surface area (Å²) >= 11 is 0. The van der Waals surface area contributed by atoms with Crippen LogP contribution in [0.5, 0.6) is 0 Å². The van der Waals surface area contributed by atoms with Gasteiger partial charge in [0, 0.05) is 17.2 Å². The van der Waals surface area contributed by atoms with Crippen LogP contribution in [0.1, 0.15) is 25.3 Å². The molecule has 2 atom stereocenters. The Bertz CT molecular complexity index is 715. The first-order valence-corrected chi connectivity index (χ1v) is 7.11. The fourth-order valence-corrected chi connectivity index (χ4v) is 2.35. The van der Waals surface area contributed by atoms with Gasteiger partial charge >= 0.3 is 6.18 Å². The third-order valence-corrected chi connectivity index (χ3v) is 3.77. The minimum absolute atomic E-state index is 0.114.